The number of morpholine rings is 1. The van der Waals surface area contributed by atoms with Crippen LogP contribution in [0.15, 0.2) is 36.7 Å². The van der Waals surface area contributed by atoms with Crippen molar-refractivity contribution in [3.05, 3.63) is 53.5 Å². The first kappa shape index (κ1) is 16.0. The predicted molar refractivity (Wildman–Crippen MR) is 95.4 cm³/mol. The zero-order valence-corrected chi connectivity index (χ0v) is 14.4. The summed E-state index contributed by atoms with van der Waals surface area (Å²) < 4.78 is 7.12. The summed E-state index contributed by atoms with van der Waals surface area (Å²) in [5.41, 5.74) is 3.49. The Morgan fingerprint density at radius 1 is 1.12 bits per heavy atom. The minimum absolute atomic E-state index is 0.614. The molecule has 1 aromatic carbocycles. The van der Waals surface area contributed by atoms with Crippen LogP contribution in [0.25, 0.3) is 5.78 Å². The van der Waals surface area contributed by atoms with Crippen LogP contribution in [-0.4, -0.2) is 50.8 Å². The largest absolute Gasteiger partial charge is 0.379 e. The van der Waals surface area contributed by atoms with Crippen molar-refractivity contribution in [3.8, 4) is 0 Å². The summed E-state index contributed by atoms with van der Waals surface area (Å²) >= 11 is 0. The summed E-state index contributed by atoms with van der Waals surface area (Å²) in [6, 6.07) is 10.7. The summed E-state index contributed by atoms with van der Waals surface area (Å²) in [4.78, 5) is 10.9. The second-order valence-electron chi connectivity index (χ2n) is 6.31. The molecule has 0 aliphatic carbocycles. The summed E-state index contributed by atoms with van der Waals surface area (Å²) in [5.74, 6) is 1.51. The van der Waals surface area contributed by atoms with Gasteiger partial charge in [-0.25, -0.2) is 4.98 Å². The number of fused-ring (bicyclic) bond motifs is 1. The molecule has 0 amide bonds. The van der Waals surface area contributed by atoms with Crippen LogP contribution in [0.1, 0.15) is 16.8 Å². The van der Waals surface area contributed by atoms with Crippen LogP contribution < -0.4 is 5.32 Å². The fraction of sp³-hybridized carbons (Fsp3) is 0.389. The topological polar surface area (TPSA) is 67.6 Å². The van der Waals surface area contributed by atoms with Gasteiger partial charge in [-0.3, -0.25) is 4.90 Å². The molecule has 0 saturated carbocycles. The highest BCUT2D eigenvalue weighted by Gasteiger charge is 2.10. The average Bonchev–Trinajstić information content (AvgIpc) is 3.10. The Hall–Kier alpha value is -2.51. The van der Waals surface area contributed by atoms with E-state index < -0.39 is 0 Å². The first-order valence-electron chi connectivity index (χ1n) is 8.57. The van der Waals surface area contributed by atoms with E-state index in [1.54, 1.807) is 4.52 Å². The van der Waals surface area contributed by atoms with Crippen molar-refractivity contribution in [2.75, 3.05) is 31.6 Å². The van der Waals surface area contributed by atoms with E-state index in [1.165, 1.54) is 17.5 Å². The minimum atomic E-state index is 0.614. The van der Waals surface area contributed by atoms with Gasteiger partial charge in [0.1, 0.15) is 12.1 Å². The molecule has 0 spiro atoms. The average molecular weight is 338 g/mol. The second kappa shape index (κ2) is 7.16. The Morgan fingerprint density at radius 3 is 2.68 bits per heavy atom. The van der Waals surface area contributed by atoms with Gasteiger partial charge in [0.05, 0.1) is 13.2 Å². The standard InChI is InChI=1S/C18H22N6O/c1-14-10-17(24-18(22-14)20-13-21-24)19-11-15-2-4-16(5-3-15)12-23-6-8-25-9-7-23/h2-5,10,13,19H,6-9,11-12H2,1H3. The SMILES string of the molecule is Cc1cc(NCc2ccc(CN3CCOCC3)cc2)n2ncnc2n1. The number of nitrogens with one attached hydrogen (secondary N) is 1. The van der Waals surface area contributed by atoms with Crippen molar-refractivity contribution in [2.45, 2.75) is 20.0 Å². The molecule has 1 saturated heterocycles. The third-order valence-corrected chi connectivity index (χ3v) is 4.39. The number of anilines is 1. The first-order valence-corrected chi connectivity index (χ1v) is 8.57. The zero-order valence-electron chi connectivity index (χ0n) is 14.4. The quantitative estimate of drug-likeness (QED) is 0.766. The van der Waals surface area contributed by atoms with Gasteiger partial charge in [-0.2, -0.15) is 14.6 Å². The molecule has 130 valence electrons. The van der Waals surface area contributed by atoms with Crippen LogP contribution in [0.5, 0.6) is 0 Å². The number of rotatable bonds is 5. The van der Waals surface area contributed by atoms with Crippen LogP contribution in [0.2, 0.25) is 0 Å². The fourth-order valence-corrected chi connectivity index (χ4v) is 3.03. The Labute approximate surface area is 146 Å². The molecule has 0 unspecified atom stereocenters. The van der Waals surface area contributed by atoms with Crippen molar-refractivity contribution < 1.29 is 4.74 Å². The molecule has 0 atom stereocenters. The molecular formula is C18H22N6O. The maximum atomic E-state index is 5.40. The van der Waals surface area contributed by atoms with Crippen molar-refractivity contribution in [1.29, 1.82) is 0 Å². The van der Waals surface area contributed by atoms with Crippen LogP contribution >= 0.6 is 0 Å². The number of benzene rings is 1. The molecule has 2 aromatic heterocycles. The molecule has 1 fully saturated rings. The summed E-state index contributed by atoms with van der Waals surface area (Å²) in [5, 5.41) is 7.64. The molecule has 1 N–H and O–H groups in total. The van der Waals surface area contributed by atoms with E-state index in [-0.39, 0.29) is 0 Å². The predicted octanol–water partition coefficient (Wildman–Crippen LogP) is 1.88. The van der Waals surface area contributed by atoms with Gasteiger partial charge in [0.15, 0.2) is 0 Å². The second-order valence-corrected chi connectivity index (χ2v) is 6.31. The zero-order chi connectivity index (χ0) is 17.1. The summed E-state index contributed by atoms with van der Waals surface area (Å²) in [6.45, 7) is 7.38. The number of hydrogen-bond acceptors (Lipinski definition) is 6. The van der Waals surface area contributed by atoms with Gasteiger partial charge >= 0.3 is 0 Å². The van der Waals surface area contributed by atoms with Crippen LogP contribution in [0.3, 0.4) is 0 Å². The van der Waals surface area contributed by atoms with Crippen LogP contribution in [0.4, 0.5) is 5.82 Å². The van der Waals surface area contributed by atoms with Crippen molar-refractivity contribution in [1.82, 2.24) is 24.5 Å². The van der Waals surface area contributed by atoms with Gasteiger partial charge in [-0.05, 0) is 18.1 Å². The Bertz CT molecular complexity index is 838. The van der Waals surface area contributed by atoms with Gasteiger partial charge in [0, 0.05) is 37.9 Å². The molecule has 3 heterocycles. The highest BCUT2D eigenvalue weighted by Crippen LogP contribution is 2.13. The molecule has 0 radical (unpaired) electrons. The molecule has 0 bridgehead atoms. The lowest BCUT2D eigenvalue weighted by Crippen LogP contribution is -2.35. The van der Waals surface area contributed by atoms with Crippen molar-refractivity contribution >= 4 is 11.6 Å². The van der Waals surface area contributed by atoms with Crippen molar-refractivity contribution in [3.63, 3.8) is 0 Å². The molecule has 3 aromatic rings. The van der Waals surface area contributed by atoms with E-state index in [2.05, 4.69) is 49.5 Å². The number of aromatic nitrogens is 4. The summed E-state index contributed by atoms with van der Waals surface area (Å²) in [7, 11) is 0. The summed E-state index contributed by atoms with van der Waals surface area (Å²) in [6.07, 6.45) is 1.52. The Kier molecular flexibility index (Phi) is 4.58. The molecule has 1 aliphatic heterocycles. The van der Waals surface area contributed by atoms with E-state index in [4.69, 9.17) is 4.74 Å². The van der Waals surface area contributed by atoms with Gasteiger partial charge in [-0.1, -0.05) is 24.3 Å². The van der Waals surface area contributed by atoms with E-state index in [9.17, 15) is 0 Å². The lowest BCUT2D eigenvalue weighted by molar-refractivity contribution is 0.0342. The third-order valence-electron chi connectivity index (χ3n) is 4.39. The lowest BCUT2D eigenvalue weighted by atomic mass is 10.1. The van der Waals surface area contributed by atoms with Gasteiger partial charge in [0.2, 0.25) is 0 Å². The monoisotopic (exact) mass is 338 g/mol. The Balaban J connectivity index is 1.40. The fourth-order valence-electron chi connectivity index (χ4n) is 3.03. The maximum Gasteiger partial charge on any atom is 0.254 e. The highest BCUT2D eigenvalue weighted by atomic mass is 16.5. The molecule has 7 nitrogen and oxygen atoms in total. The van der Waals surface area contributed by atoms with Gasteiger partial charge in [-0.15, -0.1) is 0 Å². The van der Waals surface area contributed by atoms with E-state index >= 15 is 0 Å². The first-order chi connectivity index (χ1) is 12.3. The smallest absolute Gasteiger partial charge is 0.254 e. The van der Waals surface area contributed by atoms with Crippen LogP contribution in [0, 0.1) is 6.92 Å². The molecule has 25 heavy (non-hydrogen) atoms. The van der Waals surface area contributed by atoms with E-state index in [0.29, 0.717) is 5.78 Å². The van der Waals surface area contributed by atoms with Crippen molar-refractivity contribution in [2.24, 2.45) is 0 Å². The normalized spacial score (nSPS) is 15.6. The minimum Gasteiger partial charge on any atom is -0.379 e. The molecule has 4 rings (SSSR count). The molecular weight excluding hydrogens is 316 g/mol. The lowest BCUT2D eigenvalue weighted by Gasteiger charge is -2.26. The molecule has 1 aliphatic rings. The van der Waals surface area contributed by atoms with Gasteiger partial charge < -0.3 is 10.1 Å². The van der Waals surface area contributed by atoms with Gasteiger partial charge in [0.25, 0.3) is 5.78 Å². The number of aryl methyl sites for hydroxylation is 1. The number of ether oxygens (including phenoxy) is 1. The van der Waals surface area contributed by atoms with Crippen LogP contribution in [-0.2, 0) is 17.8 Å². The number of nitrogens with zero attached hydrogens (tertiary/aromatic N) is 5. The Morgan fingerprint density at radius 2 is 1.88 bits per heavy atom. The third kappa shape index (κ3) is 3.78. The maximum absolute atomic E-state index is 5.40. The molecule has 7 heteroatoms. The van der Waals surface area contributed by atoms with E-state index in [1.807, 2.05) is 13.0 Å². The number of hydrogen-bond donors (Lipinski definition) is 1. The van der Waals surface area contributed by atoms with E-state index in [0.717, 1.165) is 50.9 Å². The highest BCUT2D eigenvalue weighted by molar-refractivity contribution is 5.45.